The summed E-state index contributed by atoms with van der Waals surface area (Å²) in [6.45, 7) is 4.32. The summed E-state index contributed by atoms with van der Waals surface area (Å²) in [6.07, 6.45) is 1.95. The molecule has 1 saturated heterocycles. The molecule has 1 amide bonds. The quantitative estimate of drug-likeness (QED) is 0.824. The van der Waals surface area contributed by atoms with Crippen molar-refractivity contribution in [1.82, 2.24) is 14.8 Å². The van der Waals surface area contributed by atoms with Gasteiger partial charge in [0.25, 0.3) is 11.5 Å². The summed E-state index contributed by atoms with van der Waals surface area (Å²) in [7, 11) is 0. The van der Waals surface area contributed by atoms with Crippen LogP contribution in [0.5, 0.6) is 0 Å². The van der Waals surface area contributed by atoms with Crippen molar-refractivity contribution in [3.05, 3.63) is 56.9 Å². The highest BCUT2D eigenvalue weighted by molar-refractivity contribution is 6.30. The molecule has 2 N–H and O–H groups in total. The maximum Gasteiger partial charge on any atom is 0.266 e. The van der Waals surface area contributed by atoms with E-state index in [1.165, 1.54) is 12.3 Å². The van der Waals surface area contributed by atoms with E-state index in [0.29, 0.717) is 38.2 Å². The number of aromatic nitrogens is 1. The molecule has 0 spiro atoms. The molecule has 26 heavy (non-hydrogen) atoms. The van der Waals surface area contributed by atoms with Crippen molar-refractivity contribution >= 4 is 17.5 Å². The Labute approximate surface area is 156 Å². The van der Waals surface area contributed by atoms with Crippen molar-refractivity contribution in [2.75, 3.05) is 26.2 Å². The van der Waals surface area contributed by atoms with Crippen LogP contribution in [0.3, 0.4) is 0 Å². The molecule has 1 aliphatic heterocycles. The summed E-state index contributed by atoms with van der Waals surface area (Å²) in [5.41, 5.74) is -0.0626. The molecule has 140 valence electrons. The first-order valence-corrected chi connectivity index (χ1v) is 8.93. The second-order valence-corrected chi connectivity index (χ2v) is 6.87. The molecular weight excluding hydrogens is 358 g/mol. The Bertz CT molecular complexity index is 832. The number of aromatic amines is 1. The number of piperazine rings is 1. The molecule has 1 atom stereocenters. The van der Waals surface area contributed by atoms with Crippen LogP contribution in [-0.2, 0) is 6.54 Å². The highest BCUT2D eigenvalue weighted by atomic mass is 35.5. The van der Waals surface area contributed by atoms with E-state index in [4.69, 9.17) is 16.0 Å². The monoisotopic (exact) mass is 379 g/mol. The summed E-state index contributed by atoms with van der Waals surface area (Å²) < 4.78 is 5.65. The predicted octanol–water partition coefficient (Wildman–Crippen LogP) is 1.64. The predicted molar refractivity (Wildman–Crippen MR) is 97.3 cm³/mol. The molecule has 8 heteroatoms. The van der Waals surface area contributed by atoms with Gasteiger partial charge in [0.2, 0.25) is 0 Å². The zero-order valence-electron chi connectivity index (χ0n) is 14.6. The fourth-order valence-corrected chi connectivity index (χ4v) is 3.41. The van der Waals surface area contributed by atoms with E-state index in [1.54, 1.807) is 4.90 Å². The smallest absolute Gasteiger partial charge is 0.266 e. The topological polar surface area (TPSA) is 89.8 Å². The van der Waals surface area contributed by atoms with E-state index >= 15 is 0 Å². The Kier molecular flexibility index (Phi) is 5.80. The van der Waals surface area contributed by atoms with E-state index in [2.05, 4.69) is 9.88 Å². The van der Waals surface area contributed by atoms with Crippen molar-refractivity contribution in [3.8, 4) is 0 Å². The first-order valence-electron chi connectivity index (χ1n) is 8.55. The number of aliphatic hydroxyl groups excluding tert-OH is 1. The highest BCUT2D eigenvalue weighted by Crippen LogP contribution is 2.19. The number of nitrogens with zero attached hydrogens (tertiary/aromatic N) is 2. The molecule has 7 nitrogen and oxygen atoms in total. The lowest BCUT2D eigenvalue weighted by atomic mass is 10.1. The highest BCUT2D eigenvalue weighted by Gasteiger charge is 2.30. The molecule has 2 aromatic heterocycles. The number of carbonyl (C=O) groups is 1. The molecule has 0 bridgehead atoms. The zero-order valence-corrected chi connectivity index (χ0v) is 15.3. The van der Waals surface area contributed by atoms with Gasteiger partial charge in [0.1, 0.15) is 16.5 Å². The number of rotatable bonds is 5. The van der Waals surface area contributed by atoms with Crippen LogP contribution in [0.2, 0.25) is 5.02 Å². The van der Waals surface area contributed by atoms with Crippen molar-refractivity contribution in [2.45, 2.75) is 25.9 Å². The van der Waals surface area contributed by atoms with Crippen LogP contribution in [-0.4, -0.2) is 58.1 Å². The van der Waals surface area contributed by atoms with Gasteiger partial charge in [-0.3, -0.25) is 14.5 Å². The molecule has 2 aromatic rings. The molecule has 0 aliphatic carbocycles. The largest absolute Gasteiger partial charge is 0.465 e. The van der Waals surface area contributed by atoms with Crippen LogP contribution in [0.25, 0.3) is 0 Å². The van der Waals surface area contributed by atoms with Gasteiger partial charge in [0, 0.05) is 38.5 Å². The molecule has 3 heterocycles. The SMILES string of the molecule is Cc1ccc(CN2CCN(C(=O)c3c[nH]c(=O)c(Cl)c3)C[C@H]2CCO)o1. The number of amides is 1. The van der Waals surface area contributed by atoms with Gasteiger partial charge in [-0.05, 0) is 31.5 Å². The van der Waals surface area contributed by atoms with E-state index in [9.17, 15) is 14.7 Å². The number of aliphatic hydroxyl groups is 1. The Morgan fingerprint density at radius 3 is 2.88 bits per heavy atom. The third-order valence-electron chi connectivity index (χ3n) is 4.61. The molecule has 1 aliphatic rings. The number of nitrogens with one attached hydrogen (secondary N) is 1. The van der Waals surface area contributed by atoms with Gasteiger partial charge in [-0.2, -0.15) is 0 Å². The van der Waals surface area contributed by atoms with Crippen LogP contribution < -0.4 is 5.56 Å². The number of aryl methyl sites for hydroxylation is 1. The molecule has 0 saturated carbocycles. The van der Waals surface area contributed by atoms with Gasteiger partial charge >= 0.3 is 0 Å². The number of carbonyl (C=O) groups excluding carboxylic acids is 1. The lowest BCUT2D eigenvalue weighted by Crippen LogP contribution is -2.54. The van der Waals surface area contributed by atoms with Gasteiger partial charge in [-0.1, -0.05) is 11.6 Å². The number of hydrogen-bond donors (Lipinski definition) is 2. The maximum absolute atomic E-state index is 12.7. The lowest BCUT2D eigenvalue weighted by molar-refractivity contribution is 0.0372. The Balaban J connectivity index is 1.71. The molecular formula is C18H22ClN3O4. The zero-order chi connectivity index (χ0) is 18.7. The van der Waals surface area contributed by atoms with Gasteiger partial charge < -0.3 is 19.4 Å². The third kappa shape index (κ3) is 4.17. The maximum atomic E-state index is 12.7. The van der Waals surface area contributed by atoms with Crippen molar-refractivity contribution in [3.63, 3.8) is 0 Å². The van der Waals surface area contributed by atoms with Gasteiger partial charge in [0.05, 0.1) is 12.1 Å². The molecule has 0 aromatic carbocycles. The van der Waals surface area contributed by atoms with Crippen molar-refractivity contribution in [1.29, 1.82) is 0 Å². The fraction of sp³-hybridized carbons (Fsp3) is 0.444. The molecule has 0 radical (unpaired) electrons. The second-order valence-electron chi connectivity index (χ2n) is 6.47. The van der Waals surface area contributed by atoms with Gasteiger partial charge in [-0.25, -0.2) is 0 Å². The summed E-state index contributed by atoms with van der Waals surface area (Å²) in [4.78, 5) is 30.5. The average molecular weight is 380 g/mol. The second kappa shape index (κ2) is 8.07. The van der Waals surface area contributed by atoms with Crippen LogP contribution in [0.15, 0.2) is 33.6 Å². The van der Waals surface area contributed by atoms with E-state index in [-0.39, 0.29) is 23.6 Å². The summed E-state index contributed by atoms with van der Waals surface area (Å²) in [5, 5.41) is 9.40. The van der Waals surface area contributed by atoms with Crippen LogP contribution in [0.1, 0.15) is 28.3 Å². The van der Waals surface area contributed by atoms with Crippen LogP contribution >= 0.6 is 11.6 Å². The fourth-order valence-electron chi connectivity index (χ4n) is 3.24. The summed E-state index contributed by atoms with van der Waals surface area (Å²) >= 11 is 5.82. The van der Waals surface area contributed by atoms with Gasteiger partial charge in [0.15, 0.2) is 0 Å². The molecule has 3 rings (SSSR count). The Hall–Kier alpha value is -2.09. The number of halogens is 1. The number of hydrogen-bond acceptors (Lipinski definition) is 5. The van der Waals surface area contributed by atoms with E-state index in [0.717, 1.165) is 11.5 Å². The Morgan fingerprint density at radius 1 is 1.42 bits per heavy atom. The summed E-state index contributed by atoms with van der Waals surface area (Å²) in [5.74, 6) is 1.56. The number of H-pyrrole nitrogens is 1. The minimum atomic E-state index is -0.417. The van der Waals surface area contributed by atoms with Gasteiger partial charge in [-0.15, -0.1) is 0 Å². The van der Waals surface area contributed by atoms with E-state index in [1.807, 2.05) is 19.1 Å². The average Bonchev–Trinajstić information content (AvgIpc) is 3.03. The minimum Gasteiger partial charge on any atom is -0.465 e. The van der Waals surface area contributed by atoms with Crippen LogP contribution in [0.4, 0.5) is 0 Å². The number of furan rings is 1. The normalized spacial score (nSPS) is 18.3. The van der Waals surface area contributed by atoms with E-state index < -0.39 is 5.56 Å². The standard InChI is InChI=1S/C18H22ClN3O4/c1-12-2-3-15(26-12)11-21-5-6-22(10-14(21)4-7-23)18(25)13-8-16(19)17(24)20-9-13/h2-3,8-9,14,23H,4-7,10-11H2,1H3,(H,20,24)/t14-/m1/s1. The Morgan fingerprint density at radius 2 is 2.23 bits per heavy atom. The lowest BCUT2D eigenvalue weighted by Gasteiger charge is -2.41. The number of pyridine rings is 1. The molecule has 1 fully saturated rings. The third-order valence-corrected chi connectivity index (χ3v) is 4.89. The summed E-state index contributed by atoms with van der Waals surface area (Å²) in [6, 6.07) is 5.30. The first-order chi connectivity index (χ1) is 12.5. The van der Waals surface area contributed by atoms with Crippen LogP contribution in [0, 0.1) is 6.92 Å². The van der Waals surface area contributed by atoms with Crippen molar-refractivity contribution < 1.29 is 14.3 Å². The van der Waals surface area contributed by atoms with Crippen molar-refractivity contribution in [2.24, 2.45) is 0 Å². The molecule has 0 unspecified atom stereocenters. The first kappa shape index (κ1) is 18.7. The minimum absolute atomic E-state index is 0.00502.